The third-order valence-electron chi connectivity index (χ3n) is 3.40. The summed E-state index contributed by atoms with van der Waals surface area (Å²) in [5.74, 6) is -3.77. The number of aryl methyl sites for hydroxylation is 1. The average Bonchev–Trinajstić information content (AvgIpc) is 2.60. The number of hydrogen-bond acceptors (Lipinski definition) is 3. The summed E-state index contributed by atoms with van der Waals surface area (Å²) in [6.45, 7) is 0. The van der Waals surface area contributed by atoms with E-state index in [0.717, 1.165) is 17.7 Å². The van der Waals surface area contributed by atoms with Gasteiger partial charge in [-0.05, 0) is 36.2 Å². The van der Waals surface area contributed by atoms with Crippen LogP contribution in [0.2, 0.25) is 0 Å². The maximum absolute atomic E-state index is 13.5. The van der Waals surface area contributed by atoms with Crippen LogP contribution in [-0.4, -0.2) is 20.1 Å². The fourth-order valence-electron chi connectivity index (χ4n) is 2.13. The number of nitrogens with one attached hydrogen (secondary N) is 1. The SMILES string of the molecule is COc1ccc(CCC(=O)Nc2ccc(F)c(F)c2F)cc1OC. The first kappa shape index (κ1) is 17.7. The number of carbonyl (C=O) groups excluding carboxylic acids is 1. The third-order valence-corrected chi connectivity index (χ3v) is 3.40. The van der Waals surface area contributed by atoms with Crippen molar-refractivity contribution in [3.8, 4) is 11.5 Å². The number of amides is 1. The molecule has 1 amide bonds. The molecule has 0 saturated heterocycles. The van der Waals surface area contributed by atoms with Crippen LogP contribution < -0.4 is 14.8 Å². The number of rotatable bonds is 6. The molecule has 24 heavy (non-hydrogen) atoms. The highest BCUT2D eigenvalue weighted by atomic mass is 19.2. The molecule has 7 heteroatoms. The summed E-state index contributed by atoms with van der Waals surface area (Å²) in [5.41, 5.74) is 0.416. The van der Waals surface area contributed by atoms with Crippen LogP contribution in [0.25, 0.3) is 0 Å². The van der Waals surface area contributed by atoms with Gasteiger partial charge in [-0.1, -0.05) is 6.07 Å². The molecule has 0 unspecified atom stereocenters. The molecule has 0 aliphatic carbocycles. The summed E-state index contributed by atoms with van der Waals surface area (Å²) in [7, 11) is 3.02. The number of methoxy groups -OCH3 is 2. The molecule has 0 atom stereocenters. The van der Waals surface area contributed by atoms with Crippen molar-refractivity contribution in [3.05, 3.63) is 53.3 Å². The maximum Gasteiger partial charge on any atom is 0.224 e. The van der Waals surface area contributed by atoms with Crippen LogP contribution in [0.1, 0.15) is 12.0 Å². The van der Waals surface area contributed by atoms with Crippen LogP contribution in [0.15, 0.2) is 30.3 Å². The van der Waals surface area contributed by atoms with E-state index in [-0.39, 0.29) is 6.42 Å². The summed E-state index contributed by atoms with van der Waals surface area (Å²) in [5, 5.41) is 2.22. The Morgan fingerprint density at radius 2 is 1.71 bits per heavy atom. The molecule has 0 radical (unpaired) electrons. The monoisotopic (exact) mass is 339 g/mol. The Hall–Kier alpha value is -2.70. The fraction of sp³-hybridized carbons (Fsp3) is 0.235. The molecule has 0 fully saturated rings. The van der Waals surface area contributed by atoms with Gasteiger partial charge >= 0.3 is 0 Å². The summed E-state index contributed by atoms with van der Waals surface area (Å²) < 4.78 is 49.8. The molecule has 0 aliphatic rings. The van der Waals surface area contributed by atoms with Crippen LogP contribution in [0, 0.1) is 17.5 Å². The van der Waals surface area contributed by atoms with E-state index in [2.05, 4.69) is 5.32 Å². The first-order valence-corrected chi connectivity index (χ1v) is 7.10. The zero-order chi connectivity index (χ0) is 17.7. The number of anilines is 1. The minimum absolute atomic E-state index is 0.0356. The van der Waals surface area contributed by atoms with Crippen LogP contribution in [0.3, 0.4) is 0 Å². The number of carbonyl (C=O) groups is 1. The maximum atomic E-state index is 13.5. The molecule has 2 aromatic rings. The van der Waals surface area contributed by atoms with E-state index < -0.39 is 29.0 Å². The second-order valence-corrected chi connectivity index (χ2v) is 4.96. The summed E-state index contributed by atoms with van der Waals surface area (Å²) in [6.07, 6.45) is 0.394. The predicted molar refractivity (Wildman–Crippen MR) is 82.8 cm³/mol. The zero-order valence-corrected chi connectivity index (χ0v) is 13.2. The Labute approximate surface area is 137 Å². The van der Waals surface area contributed by atoms with Gasteiger partial charge in [-0.25, -0.2) is 13.2 Å². The van der Waals surface area contributed by atoms with E-state index in [9.17, 15) is 18.0 Å². The minimum atomic E-state index is -1.62. The Bertz CT molecular complexity index is 750. The Morgan fingerprint density at radius 1 is 1.00 bits per heavy atom. The van der Waals surface area contributed by atoms with E-state index in [1.54, 1.807) is 18.2 Å². The Balaban J connectivity index is 2.00. The summed E-state index contributed by atoms with van der Waals surface area (Å²) in [4.78, 5) is 11.9. The Kier molecular flexibility index (Phi) is 5.68. The van der Waals surface area contributed by atoms with E-state index in [4.69, 9.17) is 9.47 Å². The lowest BCUT2D eigenvalue weighted by Gasteiger charge is -2.10. The van der Waals surface area contributed by atoms with E-state index >= 15 is 0 Å². The number of hydrogen-bond donors (Lipinski definition) is 1. The van der Waals surface area contributed by atoms with Gasteiger partial charge in [-0.3, -0.25) is 4.79 Å². The minimum Gasteiger partial charge on any atom is -0.493 e. The highest BCUT2D eigenvalue weighted by Gasteiger charge is 2.15. The summed E-state index contributed by atoms with van der Waals surface area (Å²) >= 11 is 0. The number of benzene rings is 2. The first-order chi connectivity index (χ1) is 11.5. The van der Waals surface area contributed by atoms with Crippen molar-refractivity contribution in [2.45, 2.75) is 12.8 Å². The van der Waals surface area contributed by atoms with Crippen LogP contribution in [0.5, 0.6) is 11.5 Å². The largest absolute Gasteiger partial charge is 0.493 e. The van der Waals surface area contributed by atoms with Crippen LogP contribution in [0.4, 0.5) is 18.9 Å². The zero-order valence-electron chi connectivity index (χ0n) is 13.2. The highest BCUT2D eigenvalue weighted by molar-refractivity contribution is 5.91. The van der Waals surface area contributed by atoms with E-state index in [1.165, 1.54) is 14.2 Å². The van der Waals surface area contributed by atoms with Gasteiger partial charge in [0.05, 0.1) is 19.9 Å². The molecule has 2 aromatic carbocycles. The van der Waals surface area contributed by atoms with Crippen LogP contribution >= 0.6 is 0 Å². The lowest BCUT2D eigenvalue weighted by Crippen LogP contribution is -2.14. The van der Waals surface area contributed by atoms with Gasteiger partial charge in [0.1, 0.15) is 0 Å². The number of ether oxygens (including phenoxy) is 2. The highest BCUT2D eigenvalue weighted by Crippen LogP contribution is 2.28. The molecule has 0 bridgehead atoms. The standard InChI is InChI=1S/C17H16F3NO3/c1-23-13-7-3-10(9-14(13)24-2)4-8-15(22)21-12-6-5-11(18)16(19)17(12)20/h3,5-7,9H,4,8H2,1-2H3,(H,21,22). The molecule has 2 rings (SSSR count). The topological polar surface area (TPSA) is 47.6 Å². The molecule has 0 saturated carbocycles. The van der Waals surface area contributed by atoms with Crippen molar-refractivity contribution in [3.63, 3.8) is 0 Å². The van der Waals surface area contributed by atoms with Crippen molar-refractivity contribution in [1.29, 1.82) is 0 Å². The lowest BCUT2D eigenvalue weighted by molar-refractivity contribution is -0.116. The molecule has 0 aromatic heterocycles. The molecule has 1 N–H and O–H groups in total. The lowest BCUT2D eigenvalue weighted by atomic mass is 10.1. The molecule has 128 valence electrons. The van der Waals surface area contributed by atoms with Crippen molar-refractivity contribution >= 4 is 11.6 Å². The van der Waals surface area contributed by atoms with Crippen molar-refractivity contribution in [1.82, 2.24) is 0 Å². The Morgan fingerprint density at radius 3 is 2.38 bits per heavy atom. The number of halogens is 3. The molecule has 0 spiro atoms. The second-order valence-electron chi connectivity index (χ2n) is 4.96. The van der Waals surface area contributed by atoms with Gasteiger partial charge in [0.15, 0.2) is 29.0 Å². The van der Waals surface area contributed by atoms with Gasteiger partial charge in [-0.15, -0.1) is 0 Å². The molecule has 4 nitrogen and oxygen atoms in total. The molecular formula is C17H16F3NO3. The molecule has 0 heterocycles. The van der Waals surface area contributed by atoms with Gasteiger partial charge in [0, 0.05) is 6.42 Å². The van der Waals surface area contributed by atoms with E-state index in [0.29, 0.717) is 17.9 Å². The van der Waals surface area contributed by atoms with Crippen molar-refractivity contribution in [2.75, 3.05) is 19.5 Å². The predicted octanol–water partition coefficient (Wildman–Crippen LogP) is 3.69. The smallest absolute Gasteiger partial charge is 0.224 e. The van der Waals surface area contributed by atoms with Gasteiger partial charge in [-0.2, -0.15) is 0 Å². The average molecular weight is 339 g/mol. The summed E-state index contributed by atoms with van der Waals surface area (Å²) in [6, 6.07) is 6.93. The normalized spacial score (nSPS) is 10.4. The third kappa shape index (κ3) is 3.98. The van der Waals surface area contributed by atoms with Gasteiger partial charge < -0.3 is 14.8 Å². The molecular weight excluding hydrogens is 323 g/mol. The van der Waals surface area contributed by atoms with Crippen molar-refractivity contribution < 1.29 is 27.4 Å². The van der Waals surface area contributed by atoms with Crippen LogP contribution in [-0.2, 0) is 11.2 Å². The molecule has 0 aliphatic heterocycles. The fourth-order valence-corrected chi connectivity index (χ4v) is 2.13. The van der Waals surface area contributed by atoms with Crippen molar-refractivity contribution in [2.24, 2.45) is 0 Å². The van der Waals surface area contributed by atoms with Gasteiger partial charge in [0.2, 0.25) is 5.91 Å². The van der Waals surface area contributed by atoms with Gasteiger partial charge in [0.25, 0.3) is 0 Å². The second kappa shape index (κ2) is 7.72. The van der Waals surface area contributed by atoms with E-state index in [1.807, 2.05) is 0 Å². The quantitative estimate of drug-likeness (QED) is 0.817. The first-order valence-electron chi connectivity index (χ1n) is 7.10.